The molecule has 0 radical (unpaired) electrons. The quantitative estimate of drug-likeness (QED) is 0.607. The van der Waals surface area contributed by atoms with Crippen molar-refractivity contribution in [3.63, 3.8) is 0 Å². The second kappa shape index (κ2) is 4.68. The first-order valence-corrected chi connectivity index (χ1v) is 3.46. The summed E-state index contributed by atoms with van der Waals surface area (Å²) >= 11 is 0. The predicted octanol–water partition coefficient (Wildman–Crippen LogP) is 1.11. The lowest BCUT2D eigenvalue weighted by molar-refractivity contribution is 0.144. The summed E-state index contributed by atoms with van der Waals surface area (Å²) in [5, 5.41) is 0. The van der Waals surface area contributed by atoms with Crippen molar-refractivity contribution in [2.24, 2.45) is 0 Å². The fourth-order valence-corrected chi connectivity index (χ4v) is 0.662. The van der Waals surface area contributed by atoms with Crippen LogP contribution in [0.5, 0.6) is 5.88 Å². The van der Waals surface area contributed by atoms with Gasteiger partial charge in [0.05, 0.1) is 6.61 Å². The average molecular weight is 153 g/mol. The van der Waals surface area contributed by atoms with Crippen LogP contribution in [-0.2, 0) is 4.74 Å². The number of nitrogens with zero attached hydrogens (tertiary/aromatic N) is 1. The van der Waals surface area contributed by atoms with Crippen LogP contribution < -0.4 is 4.74 Å². The summed E-state index contributed by atoms with van der Waals surface area (Å²) in [4.78, 5) is 3.97. The van der Waals surface area contributed by atoms with Crippen LogP contribution in [0.1, 0.15) is 0 Å². The summed E-state index contributed by atoms with van der Waals surface area (Å²) in [7, 11) is 1.64. The van der Waals surface area contributed by atoms with Gasteiger partial charge in [-0.15, -0.1) is 0 Å². The van der Waals surface area contributed by atoms with Gasteiger partial charge in [0.2, 0.25) is 5.88 Å². The van der Waals surface area contributed by atoms with Crippen molar-refractivity contribution in [1.29, 1.82) is 0 Å². The van der Waals surface area contributed by atoms with E-state index in [0.29, 0.717) is 19.1 Å². The van der Waals surface area contributed by atoms with E-state index in [1.165, 1.54) is 0 Å². The third kappa shape index (κ3) is 3.00. The zero-order valence-corrected chi connectivity index (χ0v) is 6.49. The highest BCUT2D eigenvalue weighted by molar-refractivity contribution is 5.08. The molecule has 0 unspecified atom stereocenters. The highest BCUT2D eigenvalue weighted by Crippen LogP contribution is 2.01. The Balaban J connectivity index is 2.28. The molecule has 0 bridgehead atoms. The maximum Gasteiger partial charge on any atom is 0.213 e. The van der Waals surface area contributed by atoms with Gasteiger partial charge >= 0.3 is 0 Å². The molecule has 0 fully saturated rings. The van der Waals surface area contributed by atoms with Crippen LogP contribution in [-0.4, -0.2) is 25.3 Å². The minimum absolute atomic E-state index is 0.549. The number of hydrogen-bond acceptors (Lipinski definition) is 3. The second-order valence-corrected chi connectivity index (χ2v) is 2.01. The fourth-order valence-electron chi connectivity index (χ4n) is 0.662. The molecular formula is C8H11NO2. The van der Waals surface area contributed by atoms with Gasteiger partial charge in [-0.25, -0.2) is 4.98 Å². The molecule has 0 aromatic carbocycles. The lowest BCUT2D eigenvalue weighted by atomic mass is 10.5. The van der Waals surface area contributed by atoms with E-state index in [9.17, 15) is 0 Å². The largest absolute Gasteiger partial charge is 0.475 e. The Bertz CT molecular complexity index is 189. The van der Waals surface area contributed by atoms with E-state index in [4.69, 9.17) is 9.47 Å². The number of hydrogen-bond donors (Lipinski definition) is 0. The van der Waals surface area contributed by atoms with Gasteiger partial charge in [-0.1, -0.05) is 6.07 Å². The number of aromatic nitrogens is 1. The van der Waals surface area contributed by atoms with E-state index in [1.807, 2.05) is 18.2 Å². The maximum absolute atomic E-state index is 5.21. The first-order chi connectivity index (χ1) is 5.43. The molecule has 0 atom stereocenters. The first kappa shape index (κ1) is 8.01. The van der Waals surface area contributed by atoms with Crippen LogP contribution in [0.2, 0.25) is 0 Å². The first-order valence-electron chi connectivity index (χ1n) is 3.46. The Kier molecular flexibility index (Phi) is 3.41. The number of pyridine rings is 1. The average Bonchev–Trinajstić information content (AvgIpc) is 2.07. The van der Waals surface area contributed by atoms with Crippen LogP contribution in [0.3, 0.4) is 0 Å². The summed E-state index contributed by atoms with van der Waals surface area (Å²) in [6.07, 6.45) is 1.70. The van der Waals surface area contributed by atoms with Crippen molar-refractivity contribution in [3.05, 3.63) is 24.4 Å². The van der Waals surface area contributed by atoms with Gasteiger partial charge in [-0.05, 0) is 6.07 Å². The monoisotopic (exact) mass is 153 g/mol. The molecule has 1 aromatic rings. The molecule has 60 valence electrons. The van der Waals surface area contributed by atoms with Gasteiger partial charge in [0.1, 0.15) is 6.61 Å². The highest BCUT2D eigenvalue weighted by Gasteiger charge is 1.90. The molecule has 1 heterocycles. The molecule has 0 aliphatic rings. The third-order valence-corrected chi connectivity index (χ3v) is 1.18. The molecule has 0 spiro atoms. The van der Waals surface area contributed by atoms with Crippen molar-refractivity contribution >= 4 is 0 Å². The zero-order chi connectivity index (χ0) is 7.94. The summed E-state index contributed by atoms with van der Waals surface area (Å²) in [6, 6.07) is 5.55. The topological polar surface area (TPSA) is 31.4 Å². The molecular weight excluding hydrogens is 142 g/mol. The summed E-state index contributed by atoms with van der Waals surface area (Å²) < 4.78 is 10.0. The standard InChI is InChI=1S/C8H11NO2/c1-10-6-7-11-8-4-2-3-5-9-8/h2-5H,6-7H2,1H3. The van der Waals surface area contributed by atoms with E-state index < -0.39 is 0 Å². The van der Waals surface area contributed by atoms with Crippen molar-refractivity contribution in [1.82, 2.24) is 4.98 Å². The lowest BCUT2D eigenvalue weighted by Gasteiger charge is -2.02. The molecule has 1 aromatic heterocycles. The van der Waals surface area contributed by atoms with Crippen molar-refractivity contribution < 1.29 is 9.47 Å². The van der Waals surface area contributed by atoms with Gasteiger partial charge < -0.3 is 9.47 Å². The zero-order valence-electron chi connectivity index (χ0n) is 6.49. The Morgan fingerprint density at radius 1 is 1.36 bits per heavy atom. The number of methoxy groups -OCH3 is 1. The van der Waals surface area contributed by atoms with E-state index in [0.717, 1.165) is 0 Å². The Morgan fingerprint density at radius 3 is 2.91 bits per heavy atom. The van der Waals surface area contributed by atoms with Crippen molar-refractivity contribution in [3.8, 4) is 5.88 Å². The predicted molar refractivity (Wildman–Crippen MR) is 41.6 cm³/mol. The molecule has 3 heteroatoms. The van der Waals surface area contributed by atoms with Crippen LogP contribution in [0, 0.1) is 0 Å². The van der Waals surface area contributed by atoms with Crippen LogP contribution >= 0.6 is 0 Å². The van der Waals surface area contributed by atoms with Gasteiger partial charge in [0, 0.05) is 19.4 Å². The molecule has 0 saturated heterocycles. The smallest absolute Gasteiger partial charge is 0.213 e. The van der Waals surface area contributed by atoms with Crippen LogP contribution in [0.15, 0.2) is 24.4 Å². The molecule has 0 aliphatic carbocycles. The van der Waals surface area contributed by atoms with Crippen molar-refractivity contribution in [2.45, 2.75) is 0 Å². The Labute approximate surface area is 66.0 Å². The fraction of sp³-hybridized carbons (Fsp3) is 0.375. The molecule has 1 rings (SSSR count). The van der Waals surface area contributed by atoms with Crippen LogP contribution in [0.4, 0.5) is 0 Å². The van der Waals surface area contributed by atoms with Gasteiger partial charge in [0.25, 0.3) is 0 Å². The second-order valence-electron chi connectivity index (χ2n) is 2.01. The minimum atomic E-state index is 0.549. The Hall–Kier alpha value is -1.09. The molecule has 0 amide bonds. The SMILES string of the molecule is COCCOc1ccccn1. The van der Waals surface area contributed by atoms with E-state index in [2.05, 4.69) is 4.98 Å². The minimum Gasteiger partial charge on any atom is -0.475 e. The summed E-state index contributed by atoms with van der Waals surface area (Å²) in [6.45, 7) is 1.14. The van der Waals surface area contributed by atoms with Crippen LogP contribution in [0.25, 0.3) is 0 Å². The maximum atomic E-state index is 5.21. The molecule has 0 N–H and O–H groups in total. The summed E-state index contributed by atoms with van der Waals surface area (Å²) in [5.41, 5.74) is 0. The van der Waals surface area contributed by atoms with Gasteiger partial charge in [-0.3, -0.25) is 0 Å². The van der Waals surface area contributed by atoms with E-state index in [1.54, 1.807) is 13.3 Å². The molecule has 3 nitrogen and oxygen atoms in total. The van der Waals surface area contributed by atoms with Gasteiger partial charge in [-0.2, -0.15) is 0 Å². The highest BCUT2D eigenvalue weighted by atomic mass is 16.5. The van der Waals surface area contributed by atoms with Gasteiger partial charge in [0.15, 0.2) is 0 Å². The third-order valence-electron chi connectivity index (χ3n) is 1.18. The normalized spacial score (nSPS) is 9.55. The molecule has 0 aliphatic heterocycles. The van der Waals surface area contributed by atoms with E-state index in [-0.39, 0.29) is 0 Å². The number of rotatable bonds is 4. The summed E-state index contributed by atoms with van der Waals surface area (Å²) in [5.74, 6) is 0.643. The number of ether oxygens (including phenoxy) is 2. The molecule has 11 heavy (non-hydrogen) atoms. The molecule has 0 saturated carbocycles. The Morgan fingerprint density at radius 2 is 2.27 bits per heavy atom. The lowest BCUT2D eigenvalue weighted by Crippen LogP contribution is -2.04. The van der Waals surface area contributed by atoms with Crippen molar-refractivity contribution in [2.75, 3.05) is 20.3 Å². The van der Waals surface area contributed by atoms with E-state index >= 15 is 0 Å².